The van der Waals surface area contributed by atoms with Gasteiger partial charge in [0.1, 0.15) is 11.6 Å². The molecule has 0 spiro atoms. The first-order chi connectivity index (χ1) is 11.8. The molecule has 25 heavy (non-hydrogen) atoms. The lowest BCUT2D eigenvalue weighted by molar-refractivity contribution is -0.116. The number of carbonyl (C=O) groups is 2. The third kappa shape index (κ3) is 5.14. The zero-order valence-electron chi connectivity index (χ0n) is 13.8. The Balaban J connectivity index is 2.07. The molecule has 1 amide bonds. The zero-order chi connectivity index (χ0) is 18.6. The number of halogens is 2. The number of hydrogen-bond donors (Lipinski definition) is 1. The Morgan fingerprint density at radius 3 is 2.44 bits per heavy atom. The second-order valence-corrected chi connectivity index (χ2v) is 6.70. The molecule has 1 N–H and O–H groups in total. The van der Waals surface area contributed by atoms with Crippen molar-refractivity contribution >= 4 is 40.6 Å². The van der Waals surface area contributed by atoms with Gasteiger partial charge in [0.25, 0.3) is 5.56 Å². The van der Waals surface area contributed by atoms with Crippen molar-refractivity contribution in [2.75, 3.05) is 5.32 Å². The van der Waals surface area contributed by atoms with Crippen molar-refractivity contribution in [2.24, 2.45) is 5.92 Å². The summed E-state index contributed by atoms with van der Waals surface area (Å²) >= 11 is 11.5. The predicted octanol–water partition coefficient (Wildman–Crippen LogP) is 3.42. The predicted molar refractivity (Wildman–Crippen MR) is 97.4 cm³/mol. The Morgan fingerprint density at radius 2 is 1.84 bits per heavy atom. The molecule has 0 aliphatic heterocycles. The first-order valence-electron chi connectivity index (χ1n) is 7.62. The van der Waals surface area contributed by atoms with Crippen LogP contribution in [0.2, 0.25) is 10.0 Å². The molecule has 1 aromatic carbocycles. The van der Waals surface area contributed by atoms with Crippen LogP contribution in [0.25, 0.3) is 0 Å². The lowest BCUT2D eigenvalue weighted by Crippen LogP contribution is -2.27. The molecule has 0 bridgehead atoms. The van der Waals surface area contributed by atoms with E-state index in [4.69, 9.17) is 23.2 Å². The molecule has 0 aliphatic carbocycles. The average Bonchev–Trinajstić information content (AvgIpc) is 2.55. The molecule has 0 aliphatic rings. The fourth-order valence-corrected chi connectivity index (χ4v) is 2.38. The number of ketones is 1. The summed E-state index contributed by atoms with van der Waals surface area (Å²) in [5.74, 6) is -0.133. The van der Waals surface area contributed by atoms with Gasteiger partial charge in [-0.2, -0.15) is 5.10 Å². The maximum atomic E-state index is 12.3. The summed E-state index contributed by atoms with van der Waals surface area (Å²) in [7, 11) is 0. The van der Waals surface area contributed by atoms with Crippen LogP contribution in [0.15, 0.2) is 35.3 Å². The van der Waals surface area contributed by atoms with E-state index in [0.29, 0.717) is 17.7 Å². The Labute approximate surface area is 154 Å². The van der Waals surface area contributed by atoms with Crippen molar-refractivity contribution in [2.45, 2.75) is 26.8 Å². The van der Waals surface area contributed by atoms with Crippen LogP contribution in [0.4, 0.5) is 5.69 Å². The standard InChI is InChI=1S/C17H17Cl2N3O3/c1-10(2)7-15(24)21-12-5-3-11(4-6-12)14(23)9-22-17(25)16(19)13(18)8-20-22/h3-6,8,10H,7,9H2,1-2H3,(H,21,24). The fraction of sp³-hybridized carbons (Fsp3) is 0.294. The van der Waals surface area contributed by atoms with Crippen LogP contribution in [0.1, 0.15) is 30.6 Å². The normalized spacial score (nSPS) is 10.8. The van der Waals surface area contributed by atoms with Crippen molar-refractivity contribution in [3.63, 3.8) is 0 Å². The Kier molecular flexibility index (Phi) is 6.33. The van der Waals surface area contributed by atoms with Gasteiger partial charge in [-0.05, 0) is 30.2 Å². The van der Waals surface area contributed by atoms with E-state index in [1.165, 1.54) is 6.20 Å². The van der Waals surface area contributed by atoms with Crippen molar-refractivity contribution in [3.8, 4) is 0 Å². The summed E-state index contributed by atoms with van der Waals surface area (Å²) < 4.78 is 0.953. The first-order valence-corrected chi connectivity index (χ1v) is 8.37. The smallest absolute Gasteiger partial charge is 0.287 e. The molecule has 2 rings (SSSR count). The van der Waals surface area contributed by atoms with E-state index in [1.807, 2.05) is 13.8 Å². The number of aromatic nitrogens is 2. The maximum absolute atomic E-state index is 12.3. The minimum absolute atomic E-state index is 0.0388. The molecule has 0 saturated heterocycles. The number of carbonyl (C=O) groups excluding carboxylic acids is 2. The Hall–Kier alpha value is -2.18. The molecule has 132 valence electrons. The number of nitrogens with zero attached hydrogens (tertiary/aromatic N) is 2. The second-order valence-electron chi connectivity index (χ2n) is 5.92. The van der Waals surface area contributed by atoms with Crippen molar-refractivity contribution in [1.29, 1.82) is 0 Å². The van der Waals surface area contributed by atoms with E-state index in [1.54, 1.807) is 24.3 Å². The van der Waals surface area contributed by atoms with Crippen LogP contribution in [0.5, 0.6) is 0 Å². The van der Waals surface area contributed by atoms with Gasteiger partial charge in [0, 0.05) is 17.7 Å². The molecule has 0 saturated carbocycles. The number of benzene rings is 1. The van der Waals surface area contributed by atoms with E-state index < -0.39 is 5.56 Å². The van der Waals surface area contributed by atoms with E-state index in [-0.39, 0.29) is 34.2 Å². The number of Topliss-reactive ketones (excluding diaryl/α,β-unsaturated/α-hetero) is 1. The van der Waals surface area contributed by atoms with Crippen molar-refractivity contribution in [1.82, 2.24) is 9.78 Å². The van der Waals surface area contributed by atoms with Crippen molar-refractivity contribution in [3.05, 3.63) is 56.4 Å². The van der Waals surface area contributed by atoms with Gasteiger partial charge in [0.2, 0.25) is 5.91 Å². The van der Waals surface area contributed by atoms with E-state index in [2.05, 4.69) is 10.4 Å². The highest BCUT2D eigenvalue weighted by atomic mass is 35.5. The summed E-state index contributed by atoms with van der Waals surface area (Å²) in [4.78, 5) is 35.9. The molecular weight excluding hydrogens is 365 g/mol. The van der Waals surface area contributed by atoms with Gasteiger partial charge in [0.05, 0.1) is 11.2 Å². The minimum atomic E-state index is -0.625. The molecule has 0 unspecified atom stereocenters. The summed E-state index contributed by atoms with van der Waals surface area (Å²) in [6, 6.07) is 6.43. The minimum Gasteiger partial charge on any atom is -0.326 e. The van der Waals surface area contributed by atoms with E-state index >= 15 is 0 Å². The third-order valence-corrected chi connectivity index (χ3v) is 4.07. The molecule has 0 radical (unpaired) electrons. The monoisotopic (exact) mass is 381 g/mol. The number of amides is 1. The zero-order valence-corrected chi connectivity index (χ0v) is 15.3. The van der Waals surface area contributed by atoms with Crippen LogP contribution in [0.3, 0.4) is 0 Å². The third-order valence-electron chi connectivity index (χ3n) is 3.32. The highest BCUT2D eigenvalue weighted by molar-refractivity contribution is 6.41. The molecular formula is C17H17Cl2N3O3. The molecule has 1 heterocycles. The molecule has 2 aromatic rings. The number of hydrogen-bond acceptors (Lipinski definition) is 4. The van der Waals surface area contributed by atoms with Gasteiger partial charge >= 0.3 is 0 Å². The Morgan fingerprint density at radius 1 is 1.20 bits per heavy atom. The van der Waals surface area contributed by atoms with Crippen molar-refractivity contribution < 1.29 is 9.59 Å². The quantitative estimate of drug-likeness (QED) is 0.777. The maximum Gasteiger partial charge on any atom is 0.287 e. The van der Waals surface area contributed by atoms with Crippen LogP contribution < -0.4 is 10.9 Å². The number of rotatable bonds is 6. The molecule has 8 heteroatoms. The molecule has 1 aromatic heterocycles. The Bertz CT molecular complexity index is 845. The highest BCUT2D eigenvalue weighted by Gasteiger charge is 2.13. The van der Waals surface area contributed by atoms with Crippen LogP contribution in [-0.4, -0.2) is 21.5 Å². The second kappa shape index (κ2) is 8.27. The van der Waals surface area contributed by atoms with Crippen LogP contribution in [-0.2, 0) is 11.3 Å². The summed E-state index contributed by atoms with van der Waals surface area (Å²) in [6.07, 6.45) is 1.64. The molecule has 6 nitrogen and oxygen atoms in total. The fourth-order valence-electron chi connectivity index (χ4n) is 2.11. The highest BCUT2D eigenvalue weighted by Crippen LogP contribution is 2.15. The summed E-state index contributed by atoms with van der Waals surface area (Å²) in [5, 5.41) is 6.43. The largest absolute Gasteiger partial charge is 0.326 e. The summed E-state index contributed by atoms with van der Waals surface area (Å²) in [6.45, 7) is 3.66. The van der Waals surface area contributed by atoms with Gasteiger partial charge < -0.3 is 5.32 Å². The lowest BCUT2D eigenvalue weighted by Gasteiger charge is -2.08. The average molecular weight is 382 g/mol. The SMILES string of the molecule is CC(C)CC(=O)Nc1ccc(C(=O)Cn2ncc(Cl)c(Cl)c2=O)cc1. The number of anilines is 1. The molecule has 0 fully saturated rings. The van der Waals surface area contributed by atoms with Gasteiger partial charge in [0.15, 0.2) is 5.78 Å². The lowest BCUT2D eigenvalue weighted by atomic mass is 10.1. The van der Waals surface area contributed by atoms with Gasteiger partial charge in [-0.15, -0.1) is 0 Å². The van der Waals surface area contributed by atoms with Gasteiger partial charge in [-0.25, -0.2) is 4.68 Å². The summed E-state index contributed by atoms with van der Waals surface area (Å²) in [5.41, 5.74) is 0.369. The van der Waals surface area contributed by atoms with E-state index in [0.717, 1.165) is 4.68 Å². The van der Waals surface area contributed by atoms with Crippen LogP contribution >= 0.6 is 23.2 Å². The number of nitrogens with one attached hydrogen (secondary N) is 1. The van der Waals surface area contributed by atoms with Gasteiger partial charge in [-0.1, -0.05) is 37.0 Å². The van der Waals surface area contributed by atoms with Crippen LogP contribution in [0, 0.1) is 5.92 Å². The van der Waals surface area contributed by atoms with E-state index in [9.17, 15) is 14.4 Å². The molecule has 0 atom stereocenters. The van der Waals surface area contributed by atoms with Gasteiger partial charge in [-0.3, -0.25) is 14.4 Å². The first kappa shape index (κ1) is 19.1. The topological polar surface area (TPSA) is 81.1 Å².